The van der Waals surface area contributed by atoms with Crippen molar-refractivity contribution >= 4 is 40.1 Å². The standard InChI is InChI=1S/C22H19FN4OS/c1-27-20-5-3-2-4-19(20)26-22(27)29-13-14-6-8-15(9-7-14)21(28)25-18-11-10-16(23)12-17(18)24/h2-12H,13,24H2,1H3,(H,25,28). The molecule has 0 aliphatic rings. The quantitative estimate of drug-likeness (QED) is 0.367. The molecule has 1 amide bonds. The maximum absolute atomic E-state index is 13.1. The highest BCUT2D eigenvalue weighted by Crippen LogP contribution is 2.26. The predicted octanol–water partition coefficient (Wildman–Crippen LogP) is 4.84. The number of hydrogen-bond acceptors (Lipinski definition) is 4. The van der Waals surface area contributed by atoms with Crippen molar-refractivity contribution in [1.82, 2.24) is 9.55 Å². The lowest BCUT2D eigenvalue weighted by Gasteiger charge is -2.09. The van der Waals surface area contributed by atoms with Crippen LogP contribution in [0.3, 0.4) is 0 Å². The maximum atomic E-state index is 13.1. The summed E-state index contributed by atoms with van der Waals surface area (Å²) in [5, 5.41) is 3.65. The van der Waals surface area contributed by atoms with Gasteiger partial charge in [-0.1, -0.05) is 36.0 Å². The fraction of sp³-hybridized carbons (Fsp3) is 0.0909. The normalized spacial score (nSPS) is 11.0. The number of carbonyl (C=O) groups excluding carboxylic acids is 1. The summed E-state index contributed by atoms with van der Waals surface area (Å²) < 4.78 is 15.2. The fourth-order valence-corrected chi connectivity index (χ4v) is 3.94. The van der Waals surface area contributed by atoms with Crippen LogP contribution in [-0.2, 0) is 12.8 Å². The summed E-state index contributed by atoms with van der Waals surface area (Å²) in [6.45, 7) is 0. The van der Waals surface area contributed by atoms with Crippen LogP contribution in [0.5, 0.6) is 0 Å². The molecule has 0 fully saturated rings. The third-order valence-electron chi connectivity index (χ3n) is 4.59. The Kier molecular flexibility index (Phi) is 5.22. The van der Waals surface area contributed by atoms with Crippen molar-refractivity contribution in [3.05, 3.63) is 83.7 Å². The number of nitrogens with zero attached hydrogens (tertiary/aromatic N) is 2. The highest BCUT2D eigenvalue weighted by Gasteiger charge is 2.10. The van der Waals surface area contributed by atoms with E-state index in [0.717, 1.165) is 27.5 Å². The Hall–Kier alpha value is -3.32. The zero-order chi connectivity index (χ0) is 20.4. The van der Waals surface area contributed by atoms with Gasteiger partial charge >= 0.3 is 0 Å². The van der Waals surface area contributed by atoms with E-state index in [1.165, 1.54) is 18.2 Å². The van der Waals surface area contributed by atoms with E-state index in [1.807, 2.05) is 43.4 Å². The molecule has 0 spiro atoms. The molecule has 4 aromatic rings. The second kappa shape index (κ2) is 7.97. The van der Waals surface area contributed by atoms with Crippen molar-refractivity contribution in [3.63, 3.8) is 0 Å². The summed E-state index contributed by atoms with van der Waals surface area (Å²) in [6, 6.07) is 19.3. The first-order valence-electron chi connectivity index (χ1n) is 9.01. The number of nitrogens with one attached hydrogen (secondary N) is 1. The van der Waals surface area contributed by atoms with Gasteiger partial charge in [0.25, 0.3) is 5.91 Å². The van der Waals surface area contributed by atoms with Gasteiger partial charge in [0.15, 0.2) is 5.16 Å². The van der Waals surface area contributed by atoms with Gasteiger partial charge in [0.05, 0.1) is 22.4 Å². The van der Waals surface area contributed by atoms with Crippen LogP contribution in [0.4, 0.5) is 15.8 Å². The molecule has 0 atom stereocenters. The highest BCUT2D eigenvalue weighted by atomic mass is 32.2. The maximum Gasteiger partial charge on any atom is 0.255 e. The van der Waals surface area contributed by atoms with Gasteiger partial charge in [-0.25, -0.2) is 9.37 Å². The molecule has 3 aromatic carbocycles. The SMILES string of the molecule is Cn1c(SCc2ccc(C(=O)Nc3ccc(F)cc3N)cc2)nc2ccccc21. The largest absolute Gasteiger partial charge is 0.397 e. The number of carbonyl (C=O) groups is 1. The Labute approximate surface area is 171 Å². The number of amides is 1. The first kappa shape index (κ1) is 19.0. The zero-order valence-corrected chi connectivity index (χ0v) is 16.5. The van der Waals surface area contributed by atoms with Crippen LogP contribution < -0.4 is 11.1 Å². The fourth-order valence-electron chi connectivity index (χ4n) is 2.99. The molecular formula is C22H19FN4OS. The van der Waals surface area contributed by atoms with Gasteiger partial charge in [-0.05, 0) is 48.0 Å². The zero-order valence-electron chi connectivity index (χ0n) is 15.7. The Morgan fingerprint density at radius 1 is 1.14 bits per heavy atom. The van der Waals surface area contributed by atoms with Crippen molar-refractivity contribution in [2.24, 2.45) is 7.05 Å². The molecule has 3 N–H and O–H groups in total. The van der Waals surface area contributed by atoms with Gasteiger partial charge < -0.3 is 15.6 Å². The van der Waals surface area contributed by atoms with E-state index in [0.29, 0.717) is 11.3 Å². The second-order valence-electron chi connectivity index (χ2n) is 6.61. The molecule has 0 unspecified atom stereocenters. The van der Waals surface area contributed by atoms with Crippen molar-refractivity contribution < 1.29 is 9.18 Å². The first-order valence-corrected chi connectivity index (χ1v) is 9.99. The number of rotatable bonds is 5. The smallest absolute Gasteiger partial charge is 0.255 e. The van der Waals surface area contributed by atoms with E-state index in [2.05, 4.69) is 14.9 Å². The minimum absolute atomic E-state index is 0.189. The topological polar surface area (TPSA) is 72.9 Å². The van der Waals surface area contributed by atoms with Gasteiger partial charge in [-0.3, -0.25) is 4.79 Å². The Balaban J connectivity index is 1.42. The van der Waals surface area contributed by atoms with Crippen molar-refractivity contribution in [3.8, 4) is 0 Å². The molecule has 0 aliphatic heterocycles. The number of hydrogen-bond donors (Lipinski definition) is 2. The van der Waals surface area contributed by atoms with E-state index in [1.54, 1.807) is 23.9 Å². The van der Waals surface area contributed by atoms with E-state index in [4.69, 9.17) is 5.73 Å². The van der Waals surface area contributed by atoms with E-state index >= 15 is 0 Å². The molecular weight excluding hydrogens is 387 g/mol. The van der Waals surface area contributed by atoms with Gasteiger partial charge in [0.2, 0.25) is 0 Å². The van der Waals surface area contributed by atoms with Gasteiger partial charge in [0, 0.05) is 18.4 Å². The van der Waals surface area contributed by atoms with Crippen LogP contribution in [0.1, 0.15) is 15.9 Å². The van der Waals surface area contributed by atoms with Crippen LogP contribution in [-0.4, -0.2) is 15.5 Å². The molecule has 146 valence electrons. The van der Waals surface area contributed by atoms with Crippen molar-refractivity contribution in [2.75, 3.05) is 11.1 Å². The van der Waals surface area contributed by atoms with E-state index in [-0.39, 0.29) is 11.6 Å². The number of para-hydroxylation sites is 2. The Bertz CT molecular complexity index is 1190. The van der Waals surface area contributed by atoms with Crippen LogP contribution >= 0.6 is 11.8 Å². The molecule has 7 heteroatoms. The third-order valence-corrected chi connectivity index (χ3v) is 5.69. The number of nitrogen functional groups attached to an aromatic ring is 1. The molecule has 0 saturated carbocycles. The van der Waals surface area contributed by atoms with Gasteiger partial charge in [-0.15, -0.1) is 0 Å². The minimum atomic E-state index is -0.442. The lowest BCUT2D eigenvalue weighted by atomic mass is 10.1. The van der Waals surface area contributed by atoms with Gasteiger partial charge in [-0.2, -0.15) is 0 Å². The van der Waals surface area contributed by atoms with Crippen LogP contribution in [0.25, 0.3) is 11.0 Å². The molecule has 1 heterocycles. The lowest BCUT2D eigenvalue weighted by Crippen LogP contribution is -2.13. The first-order chi connectivity index (χ1) is 14.0. The lowest BCUT2D eigenvalue weighted by molar-refractivity contribution is 0.102. The van der Waals surface area contributed by atoms with Gasteiger partial charge in [0.1, 0.15) is 5.82 Å². The van der Waals surface area contributed by atoms with Crippen LogP contribution in [0.2, 0.25) is 0 Å². The number of anilines is 2. The van der Waals surface area contributed by atoms with Crippen molar-refractivity contribution in [2.45, 2.75) is 10.9 Å². The van der Waals surface area contributed by atoms with Crippen LogP contribution in [0, 0.1) is 5.82 Å². The molecule has 5 nitrogen and oxygen atoms in total. The molecule has 1 aromatic heterocycles. The summed E-state index contributed by atoms with van der Waals surface area (Å²) in [4.78, 5) is 17.1. The number of aryl methyl sites for hydroxylation is 1. The predicted molar refractivity (Wildman–Crippen MR) is 115 cm³/mol. The number of halogens is 1. The number of thioether (sulfide) groups is 1. The third kappa shape index (κ3) is 4.09. The monoisotopic (exact) mass is 406 g/mol. The Morgan fingerprint density at radius 2 is 1.90 bits per heavy atom. The molecule has 0 bridgehead atoms. The highest BCUT2D eigenvalue weighted by molar-refractivity contribution is 7.98. The number of benzene rings is 3. The van der Waals surface area contributed by atoms with Crippen molar-refractivity contribution in [1.29, 1.82) is 0 Å². The number of fused-ring (bicyclic) bond motifs is 1. The molecule has 4 rings (SSSR count). The minimum Gasteiger partial charge on any atom is -0.397 e. The summed E-state index contributed by atoms with van der Waals surface area (Å²) >= 11 is 1.65. The second-order valence-corrected chi connectivity index (χ2v) is 7.56. The molecule has 29 heavy (non-hydrogen) atoms. The number of nitrogens with two attached hydrogens (primary N) is 1. The van der Waals surface area contributed by atoms with Crippen LogP contribution in [0.15, 0.2) is 71.9 Å². The summed E-state index contributed by atoms with van der Waals surface area (Å²) in [7, 11) is 2.01. The molecule has 0 radical (unpaired) electrons. The van der Waals surface area contributed by atoms with E-state index in [9.17, 15) is 9.18 Å². The summed E-state index contributed by atoms with van der Waals surface area (Å²) in [6.07, 6.45) is 0. The summed E-state index contributed by atoms with van der Waals surface area (Å²) in [5.41, 5.74) is 9.98. The number of aromatic nitrogens is 2. The summed E-state index contributed by atoms with van der Waals surface area (Å²) in [5.74, 6) is 0.00470. The average molecular weight is 406 g/mol. The number of imidazole rings is 1. The average Bonchev–Trinajstić information content (AvgIpc) is 3.05. The molecule has 0 saturated heterocycles. The Morgan fingerprint density at radius 3 is 2.62 bits per heavy atom. The van der Waals surface area contributed by atoms with E-state index < -0.39 is 5.82 Å². The molecule has 0 aliphatic carbocycles.